The first-order chi connectivity index (χ1) is 7.91. The van der Waals surface area contributed by atoms with Crippen molar-refractivity contribution in [2.45, 2.75) is 39.0 Å². The maximum absolute atomic E-state index is 5.51. The van der Waals surface area contributed by atoms with Crippen LogP contribution in [0.1, 0.15) is 39.0 Å². The summed E-state index contributed by atoms with van der Waals surface area (Å²) in [6, 6.07) is 0. The second-order valence-electron chi connectivity index (χ2n) is 3.53. The fraction of sp³-hybridized carbons (Fsp3) is 0.643. The Labute approximate surface area is 105 Å². The first-order valence-electron chi connectivity index (χ1n) is 6.10. The van der Waals surface area contributed by atoms with Crippen LogP contribution in [0.3, 0.4) is 0 Å². The molecule has 2 heteroatoms. The van der Waals surface area contributed by atoms with Crippen molar-refractivity contribution in [1.82, 2.24) is 0 Å². The van der Waals surface area contributed by atoms with Crippen molar-refractivity contribution in [2.75, 3.05) is 19.1 Å². The molecule has 0 aliphatic carbocycles. The van der Waals surface area contributed by atoms with Crippen LogP contribution in [0.25, 0.3) is 0 Å². The summed E-state index contributed by atoms with van der Waals surface area (Å²) in [6.07, 6.45) is 13.9. The summed E-state index contributed by atoms with van der Waals surface area (Å²) in [6.45, 7) is 3.64. The molecule has 0 aliphatic rings. The van der Waals surface area contributed by atoms with Crippen LogP contribution in [0.15, 0.2) is 30.0 Å². The average Bonchev–Trinajstić information content (AvgIpc) is 2.31. The molecule has 0 radical (unpaired) electrons. The van der Waals surface area contributed by atoms with Gasteiger partial charge in [-0.1, -0.05) is 31.9 Å². The van der Waals surface area contributed by atoms with E-state index < -0.39 is 0 Å². The molecule has 1 nitrogen and oxygen atoms in total. The van der Waals surface area contributed by atoms with Crippen LogP contribution < -0.4 is 0 Å². The summed E-state index contributed by atoms with van der Waals surface area (Å²) in [5.41, 5.74) is 3.03. The number of ether oxygens (including phenoxy) is 1. The highest BCUT2D eigenvalue weighted by Gasteiger charge is 1.82. The van der Waals surface area contributed by atoms with Crippen molar-refractivity contribution in [3.05, 3.63) is 30.0 Å². The van der Waals surface area contributed by atoms with Gasteiger partial charge in [-0.15, -0.1) is 17.3 Å². The van der Waals surface area contributed by atoms with Gasteiger partial charge in [0.15, 0.2) is 0 Å². The van der Waals surface area contributed by atoms with E-state index in [9.17, 15) is 0 Å². The molecule has 0 aliphatic heterocycles. The number of rotatable bonds is 10. The van der Waals surface area contributed by atoms with Gasteiger partial charge in [-0.3, -0.25) is 0 Å². The average molecular weight is 243 g/mol. The predicted octanol–water partition coefficient (Wildman–Crippen LogP) is 4.48. The van der Waals surface area contributed by atoms with Crippen LogP contribution >= 0.6 is 11.6 Å². The van der Waals surface area contributed by atoms with Crippen LogP contribution in [-0.4, -0.2) is 19.1 Å². The number of hydrogen-bond donors (Lipinski definition) is 0. The van der Waals surface area contributed by atoms with Gasteiger partial charge in [-0.25, -0.2) is 0 Å². The fourth-order valence-electron chi connectivity index (χ4n) is 1.12. The first-order valence-corrected chi connectivity index (χ1v) is 6.63. The van der Waals surface area contributed by atoms with Gasteiger partial charge in [-0.05, 0) is 31.4 Å². The lowest BCUT2D eigenvalue weighted by atomic mass is 10.2. The first kappa shape index (κ1) is 15.5. The third-order valence-electron chi connectivity index (χ3n) is 2.01. The van der Waals surface area contributed by atoms with Crippen LogP contribution in [0.4, 0.5) is 0 Å². The van der Waals surface area contributed by atoms with E-state index in [2.05, 4.69) is 24.8 Å². The number of halogens is 1. The minimum atomic E-state index is 0.640. The molecular formula is C14H23ClO. The molecule has 0 aromatic heterocycles. The molecule has 0 fully saturated rings. The molecule has 0 aromatic carbocycles. The zero-order valence-electron chi connectivity index (χ0n) is 10.3. The summed E-state index contributed by atoms with van der Waals surface area (Å²) < 4.78 is 5.40. The summed E-state index contributed by atoms with van der Waals surface area (Å²) in [4.78, 5) is 0. The standard InChI is InChI=1S/C14H23ClO/c1-2-3-4-5-7-10-13-16-14-11-8-6-9-12-15/h5-7,11H,2-4,9-10,12-14H2,1H3/b7-5-. The lowest BCUT2D eigenvalue weighted by Crippen LogP contribution is -1.91. The number of hydrogen-bond acceptors (Lipinski definition) is 1. The monoisotopic (exact) mass is 242 g/mol. The van der Waals surface area contributed by atoms with Crippen molar-refractivity contribution in [3.63, 3.8) is 0 Å². The van der Waals surface area contributed by atoms with Gasteiger partial charge in [0.1, 0.15) is 0 Å². The summed E-state index contributed by atoms with van der Waals surface area (Å²) in [5.74, 6) is 0.657. The molecule has 0 saturated heterocycles. The zero-order chi connectivity index (χ0) is 11.9. The van der Waals surface area contributed by atoms with E-state index in [-0.39, 0.29) is 0 Å². The van der Waals surface area contributed by atoms with Crippen molar-refractivity contribution in [3.8, 4) is 0 Å². The number of unbranched alkanes of at least 4 members (excludes halogenated alkanes) is 2. The van der Waals surface area contributed by atoms with Crippen LogP contribution in [-0.2, 0) is 4.74 Å². The predicted molar refractivity (Wildman–Crippen MR) is 72.1 cm³/mol. The lowest BCUT2D eigenvalue weighted by molar-refractivity contribution is 0.167. The highest BCUT2D eigenvalue weighted by molar-refractivity contribution is 6.17. The van der Waals surface area contributed by atoms with Gasteiger partial charge in [0, 0.05) is 5.88 Å². The third kappa shape index (κ3) is 13.5. The minimum Gasteiger partial charge on any atom is -0.376 e. The van der Waals surface area contributed by atoms with E-state index in [4.69, 9.17) is 16.3 Å². The molecule has 0 bridgehead atoms. The highest BCUT2D eigenvalue weighted by Crippen LogP contribution is 1.96. The van der Waals surface area contributed by atoms with E-state index in [1.807, 2.05) is 12.2 Å². The Morgan fingerprint density at radius 2 is 1.94 bits per heavy atom. The lowest BCUT2D eigenvalue weighted by Gasteiger charge is -1.95. The summed E-state index contributed by atoms with van der Waals surface area (Å²) in [5, 5.41) is 0. The van der Waals surface area contributed by atoms with E-state index >= 15 is 0 Å². The molecule has 0 aromatic rings. The smallest absolute Gasteiger partial charge is 0.0721 e. The van der Waals surface area contributed by atoms with Crippen LogP contribution in [0.2, 0.25) is 0 Å². The van der Waals surface area contributed by atoms with Crippen molar-refractivity contribution in [1.29, 1.82) is 0 Å². The number of allylic oxidation sites excluding steroid dienone is 1. The molecular weight excluding hydrogens is 220 g/mol. The second-order valence-corrected chi connectivity index (χ2v) is 3.91. The maximum Gasteiger partial charge on any atom is 0.0721 e. The molecule has 0 N–H and O–H groups in total. The van der Waals surface area contributed by atoms with E-state index in [0.717, 1.165) is 19.4 Å². The second kappa shape index (κ2) is 14.5. The molecule has 0 spiro atoms. The van der Waals surface area contributed by atoms with Crippen LogP contribution in [0, 0.1) is 0 Å². The Morgan fingerprint density at radius 1 is 1.12 bits per heavy atom. The van der Waals surface area contributed by atoms with Gasteiger partial charge in [0.25, 0.3) is 0 Å². The van der Waals surface area contributed by atoms with Gasteiger partial charge in [0.2, 0.25) is 0 Å². The summed E-state index contributed by atoms with van der Waals surface area (Å²) >= 11 is 5.51. The Balaban J connectivity index is 3.20. The molecule has 0 unspecified atom stereocenters. The van der Waals surface area contributed by atoms with Gasteiger partial charge >= 0.3 is 0 Å². The Morgan fingerprint density at radius 3 is 2.69 bits per heavy atom. The Kier molecular flexibility index (Phi) is 14.1. The molecule has 0 heterocycles. The highest BCUT2D eigenvalue weighted by atomic mass is 35.5. The molecule has 92 valence electrons. The molecule has 0 rings (SSSR count). The summed E-state index contributed by atoms with van der Waals surface area (Å²) in [7, 11) is 0. The maximum atomic E-state index is 5.51. The quantitative estimate of drug-likeness (QED) is 0.238. The normalized spacial score (nSPS) is 10.4. The Bertz CT molecular complexity index is 215. The molecule has 0 atom stereocenters. The van der Waals surface area contributed by atoms with Crippen LogP contribution in [0.5, 0.6) is 0 Å². The molecule has 0 saturated carbocycles. The SMILES string of the molecule is CCCC/C=C\CCOCC=C=CCCCl. The van der Waals surface area contributed by atoms with Gasteiger partial charge < -0.3 is 4.74 Å². The fourth-order valence-corrected chi connectivity index (χ4v) is 1.23. The minimum absolute atomic E-state index is 0.640. The molecule has 0 amide bonds. The number of alkyl halides is 1. The van der Waals surface area contributed by atoms with Crippen molar-refractivity contribution >= 4 is 11.6 Å². The zero-order valence-corrected chi connectivity index (χ0v) is 11.0. The van der Waals surface area contributed by atoms with Gasteiger partial charge in [0.05, 0.1) is 13.2 Å². The van der Waals surface area contributed by atoms with Crippen molar-refractivity contribution in [2.24, 2.45) is 0 Å². The largest absolute Gasteiger partial charge is 0.376 e. The Hall–Kier alpha value is -0.490. The van der Waals surface area contributed by atoms with E-state index in [1.54, 1.807) is 0 Å². The third-order valence-corrected chi connectivity index (χ3v) is 2.23. The van der Waals surface area contributed by atoms with E-state index in [1.165, 1.54) is 19.3 Å². The topological polar surface area (TPSA) is 9.23 Å². The van der Waals surface area contributed by atoms with E-state index in [0.29, 0.717) is 12.5 Å². The van der Waals surface area contributed by atoms with Crippen molar-refractivity contribution < 1.29 is 4.74 Å². The van der Waals surface area contributed by atoms with Gasteiger partial charge in [-0.2, -0.15) is 0 Å². The molecule has 16 heavy (non-hydrogen) atoms.